The summed E-state index contributed by atoms with van der Waals surface area (Å²) in [6.45, 7) is -0.226. The number of benzene rings is 2. The lowest BCUT2D eigenvalue weighted by Gasteiger charge is -2.09. The first-order valence-corrected chi connectivity index (χ1v) is 8.39. The van der Waals surface area contributed by atoms with Crippen molar-refractivity contribution in [3.05, 3.63) is 80.0 Å². The summed E-state index contributed by atoms with van der Waals surface area (Å²) in [5.41, 5.74) is 0.702. The number of amides is 1. The summed E-state index contributed by atoms with van der Waals surface area (Å²) in [5, 5.41) is 22.9. The molecule has 0 saturated heterocycles. The van der Waals surface area contributed by atoms with Gasteiger partial charge in [0.1, 0.15) is 18.1 Å². The molecule has 0 aliphatic carbocycles. The second-order valence-electron chi connectivity index (χ2n) is 5.49. The minimum Gasteiger partial charge on any atom is -0.459 e. The van der Waals surface area contributed by atoms with E-state index in [0.29, 0.717) is 27.8 Å². The van der Waals surface area contributed by atoms with E-state index in [1.54, 1.807) is 24.3 Å². The van der Waals surface area contributed by atoms with Crippen LogP contribution in [0, 0.1) is 10.1 Å². The zero-order valence-corrected chi connectivity index (χ0v) is 15.1. The van der Waals surface area contributed by atoms with Crippen LogP contribution in [0.5, 0.6) is 0 Å². The number of carbonyl (C=O) groups is 1. The molecule has 2 N–H and O–H groups in total. The Bertz CT molecular complexity index is 1030. The van der Waals surface area contributed by atoms with Crippen molar-refractivity contribution in [1.29, 1.82) is 0 Å². The highest BCUT2D eigenvalue weighted by molar-refractivity contribution is 6.35. The Kier molecular flexibility index (Phi) is 5.46. The summed E-state index contributed by atoms with van der Waals surface area (Å²) in [4.78, 5) is 22.7. The van der Waals surface area contributed by atoms with Gasteiger partial charge in [0.25, 0.3) is 11.6 Å². The van der Waals surface area contributed by atoms with E-state index in [0.717, 1.165) is 6.07 Å². The molecule has 0 saturated carbocycles. The number of nitro groups is 1. The number of hydrogen-bond donors (Lipinski definition) is 2. The number of nitrogens with one attached hydrogen (secondary N) is 1. The number of carbonyl (C=O) groups excluding carboxylic acids is 1. The van der Waals surface area contributed by atoms with E-state index in [4.69, 9.17) is 32.7 Å². The molecule has 138 valence electrons. The zero-order chi connectivity index (χ0) is 19.6. The van der Waals surface area contributed by atoms with E-state index < -0.39 is 10.8 Å². The average molecular weight is 407 g/mol. The fraction of sp³-hybridized carbons (Fsp3) is 0.0556. The molecule has 7 nitrogen and oxygen atoms in total. The molecule has 1 heterocycles. The first-order valence-electron chi connectivity index (χ1n) is 7.64. The van der Waals surface area contributed by atoms with Crippen molar-refractivity contribution >= 4 is 40.5 Å². The molecule has 3 rings (SSSR count). The van der Waals surface area contributed by atoms with Gasteiger partial charge in [-0.15, -0.1) is 0 Å². The van der Waals surface area contributed by atoms with Gasteiger partial charge in [-0.25, -0.2) is 0 Å². The van der Waals surface area contributed by atoms with Crippen LogP contribution in [0.4, 0.5) is 11.4 Å². The molecule has 0 bridgehead atoms. The SMILES string of the molecule is O=C(Nc1ccc(-c2ccc(CO)o2)c(Cl)c1)c1cc([N+](=O)[O-])ccc1Cl. The molecule has 9 heteroatoms. The molecule has 0 atom stereocenters. The summed E-state index contributed by atoms with van der Waals surface area (Å²) in [7, 11) is 0. The zero-order valence-electron chi connectivity index (χ0n) is 13.6. The van der Waals surface area contributed by atoms with Gasteiger partial charge in [0.15, 0.2) is 0 Å². The number of nitrogens with zero attached hydrogens (tertiary/aromatic N) is 1. The van der Waals surface area contributed by atoms with Crippen LogP contribution in [0.2, 0.25) is 10.0 Å². The topological polar surface area (TPSA) is 106 Å². The molecule has 0 aliphatic rings. The Balaban J connectivity index is 1.84. The standard InChI is InChI=1S/C18H12Cl2N2O5/c19-15-5-2-11(22(25)26)8-14(15)18(24)21-10-1-4-13(16(20)7-10)17-6-3-12(9-23)27-17/h1-8,23H,9H2,(H,21,24). The molecule has 0 spiro atoms. The Morgan fingerprint density at radius 1 is 1.11 bits per heavy atom. The van der Waals surface area contributed by atoms with Gasteiger partial charge >= 0.3 is 0 Å². The Hall–Kier alpha value is -2.87. The maximum atomic E-state index is 12.4. The van der Waals surface area contributed by atoms with Gasteiger partial charge in [-0.05, 0) is 36.4 Å². The van der Waals surface area contributed by atoms with Crippen LogP contribution < -0.4 is 5.32 Å². The largest absolute Gasteiger partial charge is 0.459 e. The third-order valence-corrected chi connectivity index (χ3v) is 4.36. The summed E-state index contributed by atoms with van der Waals surface area (Å²) in [5.74, 6) is 0.274. The van der Waals surface area contributed by atoms with Crippen molar-refractivity contribution in [2.75, 3.05) is 5.32 Å². The van der Waals surface area contributed by atoms with Crippen molar-refractivity contribution < 1.29 is 19.2 Å². The van der Waals surface area contributed by atoms with Crippen LogP contribution in [-0.2, 0) is 6.61 Å². The van der Waals surface area contributed by atoms with Gasteiger partial charge in [0.05, 0.1) is 20.5 Å². The number of halogens is 2. The van der Waals surface area contributed by atoms with Crippen LogP contribution in [0.15, 0.2) is 52.9 Å². The predicted molar refractivity (Wildman–Crippen MR) is 101 cm³/mol. The molecule has 27 heavy (non-hydrogen) atoms. The van der Waals surface area contributed by atoms with Crippen molar-refractivity contribution in [3.8, 4) is 11.3 Å². The van der Waals surface area contributed by atoms with E-state index in [-0.39, 0.29) is 22.9 Å². The Morgan fingerprint density at radius 2 is 1.89 bits per heavy atom. The normalized spacial score (nSPS) is 10.6. The van der Waals surface area contributed by atoms with Gasteiger partial charge in [-0.3, -0.25) is 14.9 Å². The summed E-state index contributed by atoms with van der Waals surface area (Å²) in [6.07, 6.45) is 0. The summed E-state index contributed by atoms with van der Waals surface area (Å²) >= 11 is 12.2. The van der Waals surface area contributed by atoms with Crippen LogP contribution in [-0.4, -0.2) is 15.9 Å². The van der Waals surface area contributed by atoms with E-state index in [2.05, 4.69) is 5.32 Å². The third-order valence-electron chi connectivity index (χ3n) is 3.72. The first kappa shape index (κ1) is 18.9. The predicted octanol–water partition coefficient (Wildman–Crippen LogP) is 4.91. The third kappa shape index (κ3) is 4.11. The lowest BCUT2D eigenvalue weighted by atomic mass is 10.1. The highest BCUT2D eigenvalue weighted by Gasteiger charge is 2.17. The number of furan rings is 1. The highest BCUT2D eigenvalue weighted by atomic mass is 35.5. The number of nitro benzene ring substituents is 1. The number of non-ortho nitro benzene ring substituents is 1. The fourth-order valence-corrected chi connectivity index (χ4v) is 2.88. The molecule has 1 aromatic heterocycles. The quantitative estimate of drug-likeness (QED) is 0.462. The molecule has 0 aliphatic heterocycles. The van der Waals surface area contributed by atoms with Crippen LogP contribution >= 0.6 is 23.2 Å². The number of hydrogen-bond acceptors (Lipinski definition) is 5. The van der Waals surface area contributed by atoms with E-state index in [9.17, 15) is 14.9 Å². The first-order chi connectivity index (χ1) is 12.9. The molecular formula is C18H12Cl2N2O5. The molecular weight excluding hydrogens is 395 g/mol. The molecule has 0 radical (unpaired) electrons. The number of aliphatic hydroxyl groups is 1. The Labute approximate surface area is 163 Å². The number of anilines is 1. The van der Waals surface area contributed by atoms with Crippen molar-refractivity contribution in [3.63, 3.8) is 0 Å². The number of rotatable bonds is 5. The lowest BCUT2D eigenvalue weighted by molar-refractivity contribution is -0.384. The van der Waals surface area contributed by atoms with Crippen LogP contribution in [0.1, 0.15) is 16.1 Å². The molecule has 0 fully saturated rings. The second kappa shape index (κ2) is 7.79. The fourth-order valence-electron chi connectivity index (χ4n) is 2.40. The van der Waals surface area contributed by atoms with E-state index in [1.165, 1.54) is 18.2 Å². The smallest absolute Gasteiger partial charge is 0.270 e. The average Bonchev–Trinajstić information content (AvgIpc) is 3.10. The summed E-state index contributed by atoms with van der Waals surface area (Å²) in [6, 6.07) is 11.7. The van der Waals surface area contributed by atoms with E-state index in [1.807, 2.05) is 0 Å². The molecule has 3 aromatic rings. The van der Waals surface area contributed by atoms with Crippen molar-refractivity contribution in [2.45, 2.75) is 6.61 Å². The van der Waals surface area contributed by atoms with Gasteiger partial charge in [-0.2, -0.15) is 0 Å². The van der Waals surface area contributed by atoms with Gasteiger partial charge in [-0.1, -0.05) is 23.2 Å². The molecule has 0 unspecified atom stereocenters. The maximum absolute atomic E-state index is 12.4. The number of aliphatic hydroxyl groups excluding tert-OH is 1. The molecule has 2 aromatic carbocycles. The lowest BCUT2D eigenvalue weighted by Crippen LogP contribution is -2.12. The van der Waals surface area contributed by atoms with Crippen molar-refractivity contribution in [2.24, 2.45) is 0 Å². The van der Waals surface area contributed by atoms with Crippen molar-refractivity contribution in [1.82, 2.24) is 0 Å². The van der Waals surface area contributed by atoms with Gasteiger partial charge < -0.3 is 14.8 Å². The van der Waals surface area contributed by atoms with Crippen LogP contribution in [0.3, 0.4) is 0 Å². The minimum atomic E-state index is -0.608. The monoisotopic (exact) mass is 406 g/mol. The van der Waals surface area contributed by atoms with E-state index >= 15 is 0 Å². The maximum Gasteiger partial charge on any atom is 0.270 e. The second-order valence-corrected chi connectivity index (χ2v) is 6.31. The molecule has 1 amide bonds. The van der Waals surface area contributed by atoms with Gasteiger partial charge in [0.2, 0.25) is 0 Å². The summed E-state index contributed by atoms with van der Waals surface area (Å²) < 4.78 is 5.44. The van der Waals surface area contributed by atoms with Crippen LogP contribution in [0.25, 0.3) is 11.3 Å². The Morgan fingerprint density at radius 3 is 2.52 bits per heavy atom. The minimum absolute atomic E-state index is 0.0234. The highest BCUT2D eigenvalue weighted by Crippen LogP contribution is 2.32. The van der Waals surface area contributed by atoms with Gasteiger partial charge in [0, 0.05) is 23.4 Å².